The molecule has 0 fully saturated rings. The molecule has 2 unspecified atom stereocenters. The first kappa shape index (κ1) is 14.0. The number of carbonyl (C=O) groups excluding carboxylic acids is 1. The van der Waals surface area contributed by atoms with Gasteiger partial charge in [-0.25, -0.2) is 4.79 Å². The minimum atomic E-state index is -1.59. The number of aryl methyl sites for hydroxylation is 1. The maximum atomic E-state index is 11.3. The van der Waals surface area contributed by atoms with E-state index in [2.05, 4.69) is 4.74 Å². The zero-order valence-corrected chi connectivity index (χ0v) is 10.4. The summed E-state index contributed by atoms with van der Waals surface area (Å²) < 4.78 is 4.63. The highest BCUT2D eigenvalue weighted by Gasteiger charge is 2.27. The van der Waals surface area contributed by atoms with Gasteiger partial charge in [0.15, 0.2) is 6.10 Å². The summed E-state index contributed by atoms with van der Waals surface area (Å²) in [5.74, 6) is -0.839. The number of hydrogen-bond acceptors (Lipinski definition) is 4. The summed E-state index contributed by atoms with van der Waals surface area (Å²) in [4.78, 5) is 11.3. The number of ether oxygens (including phenoxy) is 1. The molecule has 17 heavy (non-hydrogen) atoms. The quantitative estimate of drug-likeness (QED) is 0.805. The monoisotopic (exact) mass is 258 g/mol. The Labute approximate surface area is 105 Å². The van der Waals surface area contributed by atoms with E-state index in [1.165, 1.54) is 0 Å². The summed E-state index contributed by atoms with van der Waals surface area (Å²) in [6.07, 6.45) is -2.90. The van der Waals surface area contributed by atoms with Gasteiger partial charge in [0.1, 0.15) is 6.10 Å². The van der Waals surface area contributed by atoms with Crippen molar-refractivity contribution in [2.75, 3.05) is 6.61 Å². The Kier molecular flexibility index (Phi) is 4.93. The number of rotatable bonds is 4. The fraction of sp³-hybridized carbons (Fsp3) is 0.417. The first-order valence-electron chi connectivity index (χ1n) is 5.26. The van der Waals surface area contributed by atoms with Crippen molar-refractivity contribution in [1.29, 1.82) is 0 Å². The summed E-state index contributed by atoms with van der Waals surface area (Å²) in [6, 6.07) is 4.81. The van der Waals surface area contributed by atoms with Crippen LogP contribution >= 0.6 is 11.6 Å². The molecular formula is C12H15ClO4. The Hall–Kier alpha value is -1.10. The molecule has 0 bridgehead atoms. The van der Waals surface area contributed by atoms with Gasteiger partial charge in [-0.3, -0.25) is 0 Å². The second-order valence-corrected chi connectivity index (χ2v) is 4.08. The summed E-state index contributed by atoms with van der Waals surface area (Å²) in [7, 11) is 0. The molecule has 0 amide bonds. The molecule has 1 aromatic rings. The van der Waals surface area contributed by atoms with Gasteiger partial charge in [0.05, 0.1) is 6.61 Å². The van der Waals surface area contributed by atoms with Gasteiger partial charge in [-0.15, -0.1) is 0 Å². The third kappa shape index (κ3) is 3.43. The maximum absolute atomic E-state index is 11.3. The van der Waals surface area contributed by atoms with Crippen molar-refractivity contribution in [2.45, 2.75) is 26.1 Å². The molecule has 0 spiro atoms. The molecule has 0 aliphatic heterocycles. The highest BCUT2D eigenvalue weighted by molar-refractivity contribution is 6.30. The zero-order valence-electron chi connectivity index (χ0n) is 9.68. The van der Waals surface area contributed by atoms with E-state index in [1.54, 1.807) is 32.0 Å². The van der Waals surface area contributed by atoms with Crippen molar-refractivity contribution in [3.8, 4) is 0 Å². The van der Waals surface area contributed by atoms with Gasteiger partial charge in [-0.2, -0.15) is 0 Å². The lowest BCUT2D eigenvalue weighted by Gasteiger charge is -2.18. The Morgan fingerprint density at radius 3 is 2.65 bits per heavy atom. The van der Waals surface area contributed by atoms with E-state index >= 15 is 0 Å². The van der Waals surface area contributed by atoms with Crippen LogP contribution in [0.5, 0.6) is 0 Å². The molecule has 1 aromatic carbocycles. The lowest BCUT2D eigenvalue weighted by Crippen LogP contribution is -2.30. The van der Waals surface area contributed by atoms with Crippen LogP contribution in [0.4, 0.5) is 0 Å². The highest BCUT2D eigenvalue weighted by atomic mass is 35.5. The van der Waals surface area contributed by atoms with E-state index in [-0.39, 0.29) is 6.61 Å². The van der Waals surface area contributed by atoms with Gasteiger partial charge in [0.2, 0.25) is 0 Å². The number of hydrogen-bond donors (Lipinski definition) is 2. The molecule has 0 heterocycles. The molecule has 1 rings (SSSR count). The Bertz CT molecular complexity index is 405. The second kappa shape index (κ2) is 6.00. The summed E-state index contributed by atoms with van der Waals surface area (Å²) >= 11 is 5.78. The maximum Gasteiger partial charge on any atom is 0.338 e. The van der Waals surface area contributed by atoms with Crippen LogP contribution in [0.3, 0.4) is 0 Å². The fourth-order valence-electron chi connectivity index (χ4n) is 1.50. The van der Waals surface area contributed by atoms with Crippen LogP contribution in [0.2, 0.25) is 5.02 Å². The summed E-state index contributed by atoms with van der Waals surface area (Å²) in [6.45, 7) is 3.52. The normalized spacial score (nSPS) is 14.2. The largest absolute Gasteiger partial charge is 0.464 e. The van der Waals surface area contributed by atoms with Crippen LogP contribution in [0.25, 0.3) is 0 Å². The van der Waals surface area contributed by atoms with Gasteiger partial charge in [-0.1, -0.05) is 17.7 Å². The van der Waals surface area contributed by atoms with Gasteiger partial charge in [0, 0.05) is 5.02 Å². The van der Waals surface area contributed by atoms with Crippen molar-refractivity contribution < 1.29 is 19.7 Å². The number of halogens is 1. The van der Waals surface area contributed by atoms with Crippen molar-refractivity contribution in [1.82, 2.24) is 0 Å². The zero-order chi connectivity index (χ0) is 13.0. The molecule has 0 radical (unpaired) electrons. The molecule has 2 N–H and O–H groups in total. The van der Waals surface area contributed by atoms with Crippen LogP contribution in [0.15, 0.2) is 18.2 Å². The van der Waals surface area contributed by atoms with E-state index in [9.17, 15) is 15.0 Å². The number of benzene rings is 1. The van der Waals surface area contributed by atoms with E-state index in [1.807, 2.05) is 0 Å². The Balaban J connectivity index is 2.88. The lowest BCUT2D eigenvalue weighted by atomic mass is 9.99. The summed E-state index contributed by atoms with van der Waals surface area (Å²) in [5, 5.41) is 20.0. The van der Waals surface area contributed by atoms with Crippen molar-refractivity contribution >= 4 is 17.6 Å². The highest BCUT2D eigenvalue weighted by Crippen LogP contribution is 2.24. The molecule has 2 atom stereocenters. The predicted octanol–water partition coefficient (Wildman–Crippen LogP) is 1.61. The van der Waals surface area contributed by atoms with Crippen LogP contribution in [-0.4, -0.2) is 28.9 Å². The van der Waals surface area contributed by atoms with Crippen molar-refractivity contribution in [2.24, 2.45) is 0 Å². The lowest BCUT2D eigenvalue weighted by molar-refractivity contribution is -0.159. The van der Waals surface area contributed by atoms with Crippen LogP contribution in [0.1, 0.15) is 24.2 Å². The van der Waals surface area contributed by atoms with Gasteiger partial charge >= 0.3 is 5.97 Å². The Morgan fingerprint density at radius 2 is 2.12 bits per heavy atom. The van der Waals surface area contributed by atoms with Crippen LogP contribution in [-0.2, 0) is 9.53 Å². The summed E-state index contributed by atoms with van der Waals surface area (Å²) in [5.41, 5.74) is 1.16. The molecule has 4 nitrogen and oxygen atoms in total. The Morgan fingerprint density at radius 1 is 1.47 bits per heavy atom. The number of esters is 1. The standard InChI is InChI=1S/C12H15ClO4/c1-3-17-12(16)11(15)10(14)9-5-4-8(13)6-7(9)2/h4-6,10-11,14-15H,3H2,1-2H3. The molecule has 5 heteroatoms. The molecule has 0 aromatic heterocycles. The predicted molar refractivity (Wildman–Crippen MR) is 63.8 cm³/mol. The third-order valence-electron chi connectivity index (χ3n) is 2.38. The van der Waals surface area contributed by atoms with Crippen LogP contribution in [0, 0.1) is 6.92 Å². The van der Waals surface area contributed by atoms with Gasteiger partial charge < -0.3 is 14.9 Å². The average molecular weight is 259 g/mol. The number of aliphatic hydroxyl groups is 2. The minimum Gasteiger partial charge on any atom is -0.464 e. The number of aliphatic hydroxyl groups excluding tert-OH is 2. The number of carbonyl (C=O) groups is 1. The van der Waals surface area contributed by atoms with E-state index in [0.717, 1.165) is 0 Å². The van der Waals surface area contributed by atoms with E-state index in [4.69, 9.17) is 11.6 Å². The van der Waals surface area contributed by atoms with Gasteiger partial charge in [0.25, 0.3) is 0 Å². The van der Waals surface area contributed by atoms with Crippen molar-refractivity contribution in [3.05, 3.63) is 34.3 Å². The molecule has 0 aliphatic rings. The fourth-order valence-corrected chi connectivity index (χ4v) is 1.72. The van der Waals surface area contributed by atoms with E-state index < -0.39 is 18.2 Å². The molecule has 94 valence electrons. The minimum absolute atomic E-state index is 0.155. The third-order valence-corrected chi connectivity index (χ3v) is 2.61. The first-order chi connectivity index (χ1) is 7.97. The smallest absolute Gasteiger partial charge is 0.338 e. The van der Waals surface area contributed by atoms with Gasteiger partial charge in [-0.05, 0) is 37.1 Å². The van der Waals surface area contributed by atoms with Crippen LogP contribution < -0.4 is 0 Å². The average Bonchev–Trinajstić information content (AvgIpc) is 2.27. The van der Waals surface area contributed by atoms with E-state index in [0.29, 0.717) is 16.1 Å². The molecule has 0 saturated heterocycles. The SMILES string of the molecule is CCOC(=O)C(O)C(O)c1ccc(Cl)cc1C. The van der Waals surface area contributed by atoms with Crippen molar-refractivity contribution in [3.63, 3.8) is 0 Å². The second-order valence-electron chi connectivity index (χ2n) is 3.64. The molecular weight excluding hydrogens is 244 g/mol. The molecule has 0 saturated carbocycles. The molecule has 0 aliphatic carbocycles. The first-order valence-corrected chi connectivity index (χ1v) is 5.64. The topological polar surface area (TPSA) is 66.8 Å².